The number of methoxy groups -OCH3 is 1. The third-order valence-electron chi connectivity index (χ3n) is 5.51. The van der Waals surface area contributed by atoms with Gasteiger partial charge in [0.05, 0.1) is 33.1 Å². The Kier molecular flexibility index (Phi) is 8.48. The number of rotatable bonds is 9. The molecule has 0 unspecified atom stereocenters. The summed E-state index contributed by atoms with van der Waals surface area (Å²) in [6, 6.07) is 16.9. The van der Waals surface area contributed by atoms with Crippen molar-refractivity contribution in [1.82, 2.24) is 5.32 Å². The minimum atomic E-state index is -4.11. The molecular formula is C25H27BrN2O6S2. The van der Waals surface area contributed by atoms with Crippen LogP contribution in [0, 0.1) is 6.92 Å². The number of amides is 1. The maximum Gasteiger partial charge on any atom is 0.264 e. The number of ether oxygens (including phenoxy) is 1. The zero-order chi connectivity index (χ0) is 26.7. The van der Waals surface area contributed by atoms with Gasteiger partial charge in [-0.15, -0.1) is 0 Å². The molecule has 0 radical (unpaired) electrons. The van der Waals surface area contributed by atoms with Crippen LogP contribution in [0.15, 0.2) is 81.0 Å². The zero-order valence-electron chi connectivity index (χ0n) is 20.2. The molecule has 0 bridgehead atoms. The van der Waals surface area contributed by atoms with Gasteiger partial charge in [0, 0.05) is 6.26 Å². The molecule has 11 heteroatoms. The summed E-state index contributed by atoms with van der Waals surface area (Å²) in [6.45, 7) is 3.16. The second-order valence-electron chi connectivity index (χ2n) is 8.27. The number of aryl methyl sites for hydroxylation is 1. The van der Waals surface area contributed by atoms with E-state index in [2.05, 4.69) is 21.2 Å². The van der Waals surface area contributed by atoms with Crippen molar-refractivity contribution in [3.63, 3.8) is 0 Å². The fraction of sp³-hybridized carbons (Fsp3) is 0.240. The van der Waals surface area contributed by atoms with Crippen molar-refractivity contribution in [3.8, 4) is 5.75 Å². The lowest BCUT2D eigenvalue weighted by molar-refractivity contribution is -0.120. The molecule has 0 aromatic heterocycles. The second-order valence-corrected chi connectivity index (χ2v) is 13.0. The van der Waals surface area contributed by atoms with Crippen molar-refractivity contribution < 1.29 is 26.4 Å². The molecule has 8 nitrogen and oxygen atoms in total. The van der Waals surface area contributed by atoms with Crippen LogP contribution in [0.1, 0.15) is 24.1 Å². The van der Waals surface area contributed by atoms with Gasteiger partial charge in [0.25, 0.3) is 10.0 Å². The first-order valence-electron chi connectivity index (χ1n) is 10.9. The lowest BCUT2D eigenvalue weighted by Gasteiger charge is -2.25. The van der Waals surface area contributed by atoms with E-state index >= 15 is 0 Å². The summed E-state index contributed by atoms with van der Waals surface area (Å²) >= 11 is 3.32. The van der Waals surface area contributed by atoms with Crippen molar-refractivity contribution in [2.45, 2.75) is 29.7 Å². The van der Waals surface area contributed by atoms with Crippen LogP contribution >= 0.6 is 15.9 Å². The number of hydrogen-bond acceptors (Lipinski definition) is 6. The lowest BCUT2D eigenvalue weighted by atomic mass is 10.1. The smallest absolute Gasteiger partial charge is 0.264 e. The van der Waals surface area contributed by atoms with E-state index in [0.717, 1.165) is 16.1 Å². The SMILES string of the molecule is COc1ccc(S(=O)(=O)N(CC(=O)N[C@H](C)c2ccc(S(C)(=O)=O)cc2)c2ccc(C)cc2)cc1Br. The van der Waals surface area contributed by atoms with Crippen LogP contribution < -0.4 is 14.4 Å². The van der Waals surface area contributed by atoms with E-state index < -0.39 is 38.4 Å². The Morgan fingerprint density at radius 3 is 2.08 bits per heavy atom. The Hall–Kier alpha value is -2.89. The van der Waals surface area contributed by atoms with Crippen LogP contribution in [0.25, 0.3) is 0 Å². The second kappa shape index (κ2) is 11.0. The van der Waals surface area contributed by atoms with E-state index in [1.807, 2.05) is 6.92 Å². The van der Waals surface area contributed by atoms with Crippen molar-refractivity contribution in [1.29, 1.82) is 0 Å². The van der Waals surface area contributed by atoms with Gasteiger partial charge < -0.3 is 10.1 Å². The molecule has 0 aliphatic heterocycles. The van der Waals surface area contributed by atoms with Crippen LogP contribution in [0.4, 0.5) is 5.69 Å². The number of anilines is 1. The minimum Gasteiger partial charge on any atom is -0.496 e. The number of hydrogen-bond donors (Lipinski definition) is 1. The van der Waals surface area contributed by atoms with Crippen LogP contribution in [0.2, 0.25) is 0 Å². The number of carbonyl (C=O) groups excluding carboxylic acids is 1. The minimum absolute atomic E-state index is 0.00652. The maximum absolute atomic E-state index is 13.6. The number of nitrogens with one attached hydrogen (secondary N) is 1. The molecule has 1 N–H and O–H groups in total. The molecule has 0 aliphatic carbocycles. The number of halogens is 1. The standard InChI is InChI=1S/C25H27BrN2O6S2/c1-17-5-9-20(10-6-17)28(36(32,33)22-13-14-24(34-3)23(26)15-22)16-25(29)27-18(2)19-7-11-21(12-8-19)35(4,30)31/h5-15,18H,16H2,1-4H3,(H,27,29)/t18-/m1/s1. The van der Waals surface area contributed by atoms with Gasteiger partial charge >= 0.3 is 0 Å². The Labute approximate surface area is 220 Å². The molecule has 1 atom stereocenters. The Morgan fingerprint density at radius 1 is 0.972 bits per heavy atom. The van der Waals surface area contributed by atoms with Crippen molar-refractivity contribution in [2.24, 2.45) is 0 Å². The molecule has 3 rings (SSSR count). The van der Waals surface area contributed by atoms with Gasteiger partial charge in [-0.1, -0.05) is 29.8 Å². The van der Waals surface area contributed by atoms with Crippen molar-refractivity contribution in [3.05, 3.63) is 82.3 Å². The van der Waals surface area contributed by atoms with Crippen LogP contribution in [0.5, 0.6) is 5.75 Å². The highest BCUT2D eigenvalue weighted by Gasteiger charge is 2.28. The summed E-state index contributed by atoms with van der Waals surface area (Å²) in [5.41, 5.74) is 1.96. The average Bonchev–Trinajstić information content (AvgIpc) is 2.82. The predicted octanol–water partition coefficient (Wildman–Crippen LogP) is 4.24. The number of nitrogens with zero attached hydrogens (tertiary/aromatic N) is 1. The highest BCUT2D eigenvalue weighted by molar-refractivity contribution is 9.10. The van der Waals surface area contributed by atoms with E-state index in [0.29, 0.717) is 21.5 Å². The summed E-state index contributed by atoms with van der Waals surface area (Å²) in [7, 11) is -5.97. The van der Waals surface area contributed by atoms with Gasteiger partial charge in [-0.3, -0.25) is 9.10 Å². The van der Waals surface area contributed by atoms with Gasteiger partial charge in [-0.05, 0) is 77.8 Å². The number of sulfonamides is 1. The molecule has 3 aromatic rings. The average molecular weight is 596 g/mol. The highest BCUT2D eigenvalue weighted by atomic mass is 79.9. The van der Waals surface area contributed by atoms with E-state index in [9.17, 15) is 21.6 Å². The van der Waals surface area contributed by atoms with Crippen LogP contribution in [0.3, 0.4) is 0 Å². The summed E-state index contributed by atoms with van der Waals surface area (Å²) < 4.78 is 57.3. The fourth-order valence-corrected chi connectivity index (χ4v) is 6.24. The summed E-state index contributed by atoms with van der Waals surface area (Å²) in [5, 5.41) is 2.80. The number of benzene rings is 3. The molecule has 0 aliphatic rings. The summed E-state index contributed by atoms with van der Waals surface area (Å²) in [6.07, 6.45) is 1.12. The summed E-state index contributed by atoms with van der Waals surface area (Å²) in [4.78, 5) is 13.2. The topological polar surface area (TPSA) is 110 Å². The summed E-state index contributed by atoms with van der Waals surface area (Å²) in [5.74, 6) is -0.0456. The molecule has 36 heavy (non-hydrogen) atoms. The van der Waals surface area contributed by atoms with E-state index in [4.69, 9.17) is 4.74 Å². The first-order chi connectivity index (χ1) is 16.8. The molecular weight excluding hydrogens is 568 g/mol. The van der Waals surface area contributed by atoms with E-state index in [-0.39, 0.29) is 9.79 Å². The Bertz CT molecular complexity index is 1460. The third kappa shape index (κ3) is 6.45. The third-order valence-corrected chi connectivity index (χ3v) is 9.02. The number of sulfone groups is 1. The maximum atomic E-state index is 13.6. The molecule has 0 spiro atoms. The molecule has 192 valence electrons. The van der Waals surface area contributed by atoms with Crippen molar-refractivity contribution in [2.75, 3.05) is 24.2 Å². The monoisotopic (exact) mass is 594 g/mol. The Morgan fingerprint density at radius 2 is 1.56 bits per heavy atom. The molecule has 0 saturated heterocycles. The molecule has 3 aromatic carbocycles. The largest absolute Gasteiger partial charge is 0.496 e. The van der Waals surface area contributed by atoms with Gasteiger partial charge in [0.2, 0.25) is 5.91 Å². The van der Waals surface area contributed by atoms with Crippen molar-refractivity contribution >= 4 is 47.4 Å². The molecule has 0 heterocycles. The highest BCUT2D eigenvalue weighted by Crippen LogP contribution is 2.31. The van der Waals surface area contributed by atoms with Gasteiger partial charge in [0.1, 0.15) is 12.3 Å². The van der Waals surface area contributed by atoms with E-state index in [1.165, 1.54) is 37.4 Å². The lowest BCUT2D eigenvalue weighted by Crippen LogP contribution is -2.41. The Balaban J connectivity index is 1.88. The first-order valence-corrected chi connectivity index (χ1v) is 15.0. The molecule has 0 saturated carbocycles. The van der Waals surface area contributed by atoms with Gasteiger partial charge in [-0.25, -0.2) is 16.8 Å². The number of carbonyl (C=O) groups is 1. The quantitative estimate of drug-likeness (QED) is 0.397. The van der Waals surface area contributed by atoms with Crippen LogP contribution in [-0.2, 0) is 24.7 Å². The predicted molar refractivity (Wildman–Crippen MR) is 143 cm³/mol. The van der Waals surface area contributed by atoms with Gasteiger partial charge in [0.15, 0.2) is 9.84 Å². The molecule has 1 amide bonds. The fourth-order valence-electron chi connectivity index (χ4n) is 3.47. The van der Waals surface area contributed by atoms with E-state index in [1.54, 1.807) is 43.3 Å². The zero-order valence-corrected chi connectivity index (χ0v) is 23.4. The van der Waals surface area contributed by atoms with Gasteiger partial charge in [-0.2, -0.15) is 0 Å². The normalized spacial score (nSPS) is 12.6. The first kappa shape index (κ1) is 27.7. The molecule has 0 fully saturated rings. The van der Waals surface area contributed by atoms with Crippen LogP contribution in [-0.4, -0.2) is 42.7 Å².